The minimum atomic E-state index is -0.260. The van der Waals surface area contributed by atoms with E-state index in [-0.39, 0.29) is 12.1 Å². The van der Waals surface area contributed by atoms with Crippen LogP contribution in [-0.2, 0) is 6.54 Å². The Balaban J connectivity index is 1.92. The van der Waals surface area contributed by atoms with Gasteiger partial charge >= 0.3 is 0 Å². The number of terminal acetylenes is 1. The molecule has 2 rings (SSSR count). The SMILES string of the molecule is C#CCn1ncc(Cl)c(NCCC2CCN(C)CC2)c1=O. The topological polar surface area (TPSA) is 50.2 Å². The maximum Gasteiger partial charge on any atom is 0.292 e. The van der Waals surface area contributed by atoms with E-state index in [1.807, 2.05) is 0 Å². The normalized spacial score (nSPS) is 16.6. The number of nitrogens with one attached hydrogen (secondary N) is 1. The Hall–Kier alpha value is -1.51. The molecule has 0 saturated carbocycles. The predicted octanol–water partition coefficient (Wildman–Crippen LogP) is 1.67. The molecule has 5 nitrogen and oxygen atoms in total. The van der Waals surface area contributed by atoms with Crippen molar-refractivity contribution in [2.75, 3.05) is 32.0 Å². The molecular formula is C15H21ClN4O. The van der Waals surface area contributed by atoms with Gasteiger partial charge in [-0.05, 0) is 45.3 Å². The van der Waals surface area contributed by atoms with Crippen LogP contribution in [0.3, 0.4) is 0 Å². The van der Waals surface area contributed by atoms with Crippen LogP contribution in [0.15, 0.2) is 11.0 Å². The molecule has 1 N–H and O–H groups in total. The molecule has 1 saturated heterocycles. The molecule has 1 fully saturated rings. The predicted molar refractivity (Wildman–Crippen MR) is 85.7 cm³/mol. The molecule has 0 amide bonds. The van der Waals surface area contributed by atoms with E-state index in [9.17, 15) is 4.79 Å². The van der Waals surface area contributed by atoms with E-state index in [1.165, 1.54) is 23.7 Å². The zero-order chi connectivity index (χ0) is 15.2. The molecule has 6 heteroatoms. The van der Waals surface area contributed by atoms with E-state index in [0.717, 1.165) is 26.1 Å². The lowest BCUT2D eigenvalue weighted by Crippen LogP contribution is -2.31. The maximum absolute atomic E-state index is 12.2. The van der Waals surface area contributed by atoms with Crippen LogP contribution in [0.25, 0.3) is 0 Å². The van der Waals surface area contributed by atoms with Crippen LogP contribution < -0.4 is 10.9 Å². The number of rotatable bonds is 5. The second-order valence-electron chi connectivity index (χ2n) is 5.50. The minimum absolute atomic E-state index is 0.152. The quantitative estimate of drug-likeness (QED) is 0.841. The Labute approximate surface area is 130 Å². The highest BCUT2D eigenvalue weighted by atomic mass is 35.5. The molecule has 0 aliphatic carbocycles. The van der Waals surface area contributed by atoms with Crippen LogP contribution in [0.4, 0.5) is 5.69 Å². The van der Waals surface area contributed by atoms with Gasteiger partial charge in [0.15, 0.2) is 0 Å². The third-order valence-corrected chi connectivity index (χ3v) is 4.22. The van der Waals surface area contributed by atoms with Gasteiger partial charge in [-0.3, -0.25) is 4.79 Å². The van der Waals surface area contributed by atoms with Crippen molar-refractivity contribution in [2.24, 2.45) is 5.92 Å². The molecule has 2 heterocycles. The van der Waals surface area contributed by atoms with Crippen molar-refractivity contribution < 1.29 is 0 Å². The fourth-order valence-corrected chi connectivity index (χ4v) is 2.77. The Bertz CT molecular complexity index is 570. The van der Waals surface area contributed by atoms with E-state index in [0.29, 0.717) is 16.6 Å². The molecule has 1 aromatic heterocycles. The number of halogens is 1. The minimum Gasteiger partial charge on any atom is -0.379 e. The maximum atomic E-state index is 12.2. The number of likely N-dealkylation sites (tertiary alicyclic amines) is 1. The van der Waals surface area contributed by atoms with Gasteiger partial charge in [0, 0.05) is 6.54 Å². The van der Waals surface area contributed by atoms with E-state index in [2.05, 4.69) is 28.3 Å². The Morgan fingerprint density at radius 3 is 2.90 bits per heavy atom. The zero-order valence-corrected chi connectivity index (χ0v) is 13.1. The van der Waals surface area contributed by atoms with Gasteiger partial charge in [0.05, 0.1) is 11.2 Å². The molecule has 0 unspecified atom stereocenters. The summed E-state index contributed by atoms with van der Waals surface area (Å²) in [4.78, 5) is 14.5. The van der Waals surface area contributed by atoms with Crippen LogP contribution in [0.5, 0.6) is 0 Å². The van der Waals surface area contributed by atoms with Crippen LogP contribution in [0.1, 0.15) is 19.3 Å². The van der Waals surface area contributed by atoms with Gasteiger partial charge in [-0.15, -0.1) is 6.42 Å². The number of aromatic nitrogens is 2. The summed E-state index contributed by atoms with van der Waals surface area (Å²) in [6.07, 6.45) is 10.1. The molecule has 0 radical (unpaired) electrons. The molecule has 1 aromatic rings. The molecule has 0 bridgehead atoms. The first-order chi connectivity index (χ1) is 10.1. The van der Waals surface area contributed by atoms with Gasteiger partial charge in [-0.1, -0.05) is 17.5 Å². The first kappa shape index (κ1) is 15.9. The van der Waals surface area contributed by atoms with Crippen molar-refractivity contribution in [3.8, 4) is 12.3 Å². The van der Waals surface area contributed by atoms with Gasteiger partial charge in [0.25, 0.3) is 5.56 Å². The van der Waals surface area contributed by atoms with Gasteiger partial charge in [-0.25, -0.2) is 4.68 Å². The van der Waals surface area contributed by atoms with Gasteiger partial charge < -0.3 is 10.2 Å². The molecular weight excluding hydrogens is 288 g/mol. The second kappa shape index (κ2) is 7.48. The average molecular weight is 309 g/mol. The highest BCUT2D eigenvalue weighted by molar-refractivity contribution is 6.32. The number of hydrogen-bond acceptors (Lipinski definition) is 4. The summed E-state index contributed by atoms with van der Waals surface area (Å²) in [5.41, 5.74) is 0.138. The zero-order valence-electron chi connectivity index (χ0n) is 12.3. The Kier molecular flexibility index (Phi) is 5.66. The fraction of sp³-hybridized carbons (Fsp3) is 0.600. The van der Waals surface area contributed by atoms with Crippen molar-refractivity contribution in [3.63, 3.8) is 0 Å². The molecule has 0 spiro atoms. The summed E-state index contributed by atoms with van der Waals surface area (Å²) in [6, 6.07) is 0. The van der Waals surface area contributed by atoms with E-state index in [1.54, 1.807) is 0 Å². The van der Waals surface area contributed by atoms with Crippen molar-refractivity contribution in [3.05, 3.63) is 21.6 Å². The molecule has 1 aliphatic rings. The summed E-state index contributed by atoms with van der Waals surface area (Å²) < 4.78 is 1.24. The third kappa shape index (κ3) is 4.23. The van der Waals surface area contributed by atoms with Crippen molar-refractivity contribution in [1.82, 2.24) is 14.7 Å². The Morgan fingerprint density at radius 1 is 1.52 bits per heavy atom. The molecule has 114 valence electrons. The molecule has 1 aliphatic heterocycles. The Morgan fingerprint density at radius 2 is 2.24 bits per heavy atom. The van der Waals surface area contributed by atoms with Crippen molar-refractivity contribution >= 4 is 17.3 Å². The van der Waals surface area contributed by atoms with Crippen LogP contribution in [0, 0.1) is 18.3 Å². The lowest BCUT2D eigenvalue weighted by molar-refractivity contribution is 0.215. The number of anilines is 1. The van der Waals surface area contributed by atoms with Crippen LogP contribution in [-0.4, -0.2) is 41.4 Å². The van der Waals surface area contributed by atoms with Gasteiger partial charge in [0.2, 0.25) is 0 Å². The average Bonchev–Trinajstić information content (AvgIpc) is 2.48. The first-order valence-corrected chi connectivity index (χ1v) is 7.61. The fourth-order valence-electron chi connectivity index (χ4n) is 2.58. The summed E-state index contributed by atoms with van der Waals surface area (Å²) in [5.74, 6) is 3.12. The van der Waals surface area contributed by atoms with Gasteiger partial charge in [0.1, 0.15) is 12.2 Å². The lowest BCUT2D eigenvalue weighted by Gasteiger charge is -2.28. The number of piperidine rings is 1. The third-order valence-electron chi connectivity index (χ3n) is 3.93. The standard InChI is InChI=1S/C15H21ClN4O/c1-3-8-20-15(21)14(13(16)11-18-20)17-7-4-12-5-9-19(2)10-6-12/h1,11-12,17H,4-10H2,2H3. The largest absolute Gasteiger partial charge is 0.379 e. The molecule has 21 heavy (non-hydrogen) atoms. The van der Waals surface area contributed by atoms with Crippen molar-refractivity contribution in [1.29, 1.82) is 0 Å². The van der Waals surface area contributed by atoms with Crippen LogP contribution >= 0.6 is 11.6 Å². The number of hydrogen-bond donors (Lipinski definition) is 1. The highest BCUT2D eigenvalue weighted by Crippen LogP contribution is 2.20. The highest BCUT2D eigenvalue weighted by Gasteiger charge is 2.16. The van der Waals surface area contributed by atoms with E-state index in [4.69, 9.17) is 18.0 Å². The molecule has 0 atom stereocenters. The number of nitrogens with zero attached hydrogens (tertiary/aromatic N) is 3. The van der Waals surface area contributed by atoms with Crippen LogP contribution in [0.2, 0.25) is 5.02 Å². The lowest BCUT2D eigenvalue weighted by atomic mass is 9.94. The van der Waals surface area contributed by atoms with E-state index >= 15 is 0 Å². The van der Waals surface area contributed by atoms with Crippen molar-refractivity contribution in [2.45, 2.75) is 25.8 Å². The monoisotopic (exact) mass is 308 g/mol. The first-order valence-electron chi connectivity index (χ1n) is 7.23. The summed E-state index contributed by atoms with van der Waals surface area (Å²) in [6.45, 7) is 3.19. The van der Waals surface area contributed by atoms with E-state index < -0.39 is 0 Å². The summed E-state index contributed by atoms with van der Waals surface area (Å²) in [7, 11) is 2.15. The smallest absolute Gasteiger partial charge is 0.292 e. The molecule has 0 aromatic carbocycles. The summed E-state index contributed by atoms with van der Waals surface area (Å²) in [5, 5.41) is 7.41. The van der Waals surface area contributed by atoms with Gasteiger partial charge in [-0.2, -0.15) is 5.10 Å². The summed E-state index contributed by atoms with van der Waals surface area (Å²) >= 11 is 6.05. The second-order valence-corrected chi connectivity index (χ2v) is 5.90.